The molecule has 3 aromatic heterocycles. The Kier molecular flexibility index (Phi) is 4.68. The Hall–Kier alpha value is -2.70. The number of benzene rings is 1. The molecule has 5 nitrogen and oxygen atoms in total. The fourth-order valence-electron chi connectivity index (χ4n) is 2.82. The molecule has 1 aromatic carbocycles. The first-order valence-corrected chi connectivity index (χ1v) is 8.83. The highest BCUT2D eigenvalue weighted by atomic mass is 35.5. The van der Waals surface area contributed by atoms with Crippen LogP contribution in [0.2, 0.25) is 10.0 Å². The predicted octanol–water partition coefficient (Wildman–Crippen LogP) is 5.13. The van der Waals surface area contributed by atoms with Crippen molar-refractivity contribution in [2.45, 2.75) is 13.0 Å². The fraction of sp³-hybridized carbons (Fsp3) is 0.105. The smallest absolute Gasteiger partial charge is 0.150 e. The van der Waals surface area contributed by atoms with Crippen molar-refractivity contribution in [3.63, 3.8) is 0 Å². The summed E-state index contributed by atoms with van der Waals surface area (Å²) in [5.74, 6) is -0.545. The third-order valence-electron chi connectivity index (χ3n) is 4.15. The second-order valence-electron chi connectivity index (χ2n) is 5.90. The van der Waals surface area contributed by atoms with E-state index in [-0.39, 0.29) is 5.02 Å². The summed E-state index contributed by atoms with van der Waals surface area (Å²) in [5.41, 5.74) is 3.57. The lowest BCUT2D eigenvalue weighted by atomic mass is 10.1. The molecule has 4 aromatic rings. The standard InChI is InChI=1S/C19H13Cl2FN4O/c1-11(18-14(20)2-3-15(22)19(18)21)27-26-5-4-16-17(26)6-12(9-25-16)13-7-23-10-24-8-13/h2-11H,1H3. The molecule has 0 bridgehead atoms. The molecule has 1 atom stereocenters. The number of rotatable bonds is 4. The van der Waals surface area contributed by atoms with Gasteiger partial charge in [0.1, 0.15) is 17.7 Å². The molecule has 0 saturated heterocycles. The number of halogens is 3. The molecule has 0 spiro atoms. The first kappa shape index (κ1) is 17.7. The number of nitrogens with zero attached hydrogens (tertiary/aromatic N) is 4. The van der Waals surface area contributed by atoms with E-state index in [9.17, 15) is 4.39 Å². The van der Waals surface area contributed by atoms with Gasteiger partial charge in [-0.25, -0.2) is 14.4 Å². The summed E-state index contributed by atoms with van der Waals surface area (Å²) in [6.45, 7) is 1.75. The Morgan fingerprint density at radius 1 is 1.07 bits per heavy atom. The largest absolute Gasteiger partial charge is 0.406 e. The van der Waals surface area contributed by atoms with Crippen LogP contribution in [0.4, 0.5) is 4.39 Å². The Morgan fingerprint density at radius 3 is 2.63 bits per heavy atom. The van der Waals surface area contributed by atoms with Crippen molar-refractivity contribution in [2.75, 3.05) is 0 Å². The lowest BCUT2D eigenvalue weighted by Crippen LogP contribution is -2.16. The molecule has 0 amide bonds. The zero-order valence-corrected chi connectivity index (χ0v) is 15.6. The monoisotopic (exact) mass is 402 g/mol. The van der Waals surface area contributed by atoms with Gasteiger partial charge in [-0.2, -0.15) is 4.73 Å². The van der Waals surface area contributed by atoms with Gasteiger partial charge in [-0.3, -0.25) is 4.98 Å². The maximum atomic E-state index is 13.8. The quantitative estimate of drug-likeness (QED) is 0.444. The predicted molar refractivity (Wildman–Crippen MR) is 102 cm³/mol. The minimum atomic E-state index is -0.583. The molecule has 136 valence electrons. The van der Waals surface area contributed by atoms with Crippen LogP contribution >= 0.6 is 23.2 Å². The molecule has 0 aliphatic carbocycles. The van der Waals surface area contributed by atoms with Gasteiger partial charge in [0, 0.05) is 46.5 Å². The van der Waals surface area contributed by atoms with Crippen LogP contribution in [0.3, 0.4) is 0 Å². The summed E-state index contributed by atoms with van der Waals surface area (Å²) in [6, 6.07) is 6.43. The highest BCUT2D eigenvalue weighted by Crippen LogP contribution is 2.33. The topological polar surface area (TPSA) is 52.8 Å². The molecule has 0 saturated carbocycles. The molecule has 0 aliphatic heterocycles. The zero-order valence-electron chi connectivity index (χ0n) is 14.1. The van der Waals surface area contributed by atoms with Crippen molar-refractivity contribution in [3.05, 3.63) is 76.8 Å². The molecule has 0 aliphatic rings. The fourth-order valence-corrected chi connectivity index (χ4v) is 3.50. The van der Waals surface area contributed by atoms with Crippen molar-refractivity contribution in [1.29, 1.82) is 0 Å². The van der Waals surface area contributed by atoms with Gasteiger partial charge in [0.15, 0.2) is 6.10 Å². The number of hydrogen-bond donors (Lipinski definition) is 0. The van der Waals surface area contributed by atoms with Gasteiger partial charge in [-0.05, 0) is 31.2 Å². The highest BCUT2D eigenvalue weighted by molar-refractivity contribution is 6.36. The molecular weight excluding hydrogens is 390 g/mol. The van der Waals surface area contributed by atoms with Crippen molar-refractivity contribution >= 4 is 34.2 Å². The van der Waals surface area contributed by atoms with E-state index in [0.717, 1.165) is 22.2 Å². The van der Waals surface area contributed by atoms with Gasteiger partial charge in [-0.15, -0.1) is 0 Å². The molecule has 3 heterocycles. The van der Waals surface area contributed by atoms with Gasteiger partial charge in [0.05, 0.1) is 10.5 Å². The van der Waals surface area contributed by atoms with Crippen molar-refractivity contribution in [3.8, 4) is 11.1 Å². The van der Waals surface area contributed by atoms with Crippen molar-refractivity contribution in [1.82, 2.24) is 19.7 Å². The molecule has 0 N–H and O–H groups in total. The van der Waals surface area contributed by atoms with E-state index in [0.29, 0.717) is 10.6 Å². The Bertz CT molecular complexity index is 1120. The van der Waals surface area contributed by atoms with E-state index in [2.05, 4.69) is 15.0 Å². The number of aromatic nitrogens is 4. The van der Waals surface area contributed by atoms with E-state index < -0.39 is 11.9 Å². The lowest BCUT2D eigenvalue weighted by molar-refractivity contribution is 0.0562. The van der Waals surface area contributed by atoms with Crippen LogP contribution in [0.25, 0.3) is 22.2 Å². The number of pyridine rings is 1. The van der Waals surface area contributed by atoms with Crippen LogP contribution < -0.4 is 4.84 Å². The summed E-state index contributed by atoms with van der Waals surface area (Å²) < 4.78 is 15.4. The summed E-state index contributed by atoms with van der Waals surface area (Å²) in [7, 11) is 0. The van der Waals surface area contributed by atoms with E-state index >= 15 is 0 Å². The lowest BCUT2D eigenvalue weighted by Gasteiger charge is -2.18. The molecule has 0 fully saturated rings. The van der Waals surface area contributed by atoms with Gasteiger partial charge in [0.25, 0.3) is 0 Å². The normalized spacial score (nSPS) is 12.3. The maximum Gasteiger partial charge on any atom is 0.150 e. The molecule has 4 rings (SSSR count). The third kappa shape index (κ3) is 3.34. The van der Waals surface area contributed by atoms with Gasteiger partial charge < -0.3 is 4.84 Å². The molecule has 0 radical (unpaired) electrons. The van der Waals surface area contributed by atoms with Gasteiger partial charge in [-0.1, -0.05) is 23.2 Å². The summed E-state index contributed by atoms with van der Waals surface area (Å²) >= 11 is 12.3. The van der Waals surface area contributed by atoms with E-state index in [1.54, 1.807) is 36.4 Å². The first-order chi connectivity index (χ1) is 13.0. The van der Waals surface area contributed by atoms with Crippen molar-refractivity contribution < 1.29 is 9.23 Å². The Morgan fingerprint density at radius 2 is 1.85 bits per heavy atom. The Labute approximate surface area is 164 Å². The third-order valence-corrected chi connectivity index (χ3v) is 4.87. The van der Waals surface area contributed by atoms with Gasteiger partial charge in [0.2, 0.25) is 0 Å². The molecule has 8 heteroatoms. The molecular formula is C19H13Cl2FN4O. The maximum absolute atomic E-state index is 13.8. The number of fused-ring (bicyclic) bond motifs is 1. The minimum absolute atomic E-state index is 0.0493. The van der Waals surface area contributed by atoms with Crippen LogP contribution in [-0.2, 0) is 0 Å². The van der Waals surface area contributed by atoms with Crippen LogP contribution in [-0.4, -0.2) is 19.7 Å². The van der Waals surface area contributed by atoms with E-state index in [1.807, 2.05) is 12.1 Å². The van der Waals surface area contributed by atoms with E-state index in [1.165, 1.54) is 18.5 Å². The molecule has 27 heavy (non-hydrogen) atoms. The average molecular weight is 403 g/mol. The van der Waals surface area contributed by atoms with Crippen LogP contribution in [0.5, 0.6) is 0 Å². The van der Waals surface area contributed by atoms with Crippen molar-refractivity contribution in [2.24, 2.45) is 0 Å². The summed E-state index contributed by atoms with van der Waals surface area (Å²) in [4.78, 5) is 18.5. The minimum Gasteiger partial charge on any atom is -0.406 e. The summed E-state index contributed by atoms with van der Waals surface area (Å²) in [6.07, 6.45) is 7.78. The number of hydrogen-bond acceptors (Lipinski definition) is 4. The van der Waals surface area contributed by atoms with Crippen LogP contribution in [0, 0.1) is 5.82 Å². The SMILES string of the molecule is CC(On1ccc2ncc(-c3cncnc3)cc21)c1c(Cl)ccc(F)c1Cl. The van der Waals surface area contributed by atoms with Crippen LogP contribution in [0.15, 0.2) is 55.4 Å². The second-order valence-corrected chi connectivity index (χ2v) is 6.69. The molecule has 1 unspecified atom stereocenters. The van der Waals surface area contributed by atoms with Gasteiger partial charge >= 0.3 is 0 Å². The van der Waals surface area contributed by atoms with Crippen LogP contribution in [0.1, 0.15) is 18.6 Å². The second kappa shape index (κ2) is 7.13. The zero-order chi connectivity index (χ0) is 19.0. The first-order valence-electron chi connectivity index (χ1n) is 8.07. The highest BCUT2D eigenvalue weighted by Gasteiger charge is 2.19. The Balaban J connectivity index is 1.71. The average Bonchev–Trinajstić information content (AvgIpc) is 3.08. The summed E-state index contributed by atoms with van der Waals surface area (Å²) in [5, 5.41) is 0.289. The van der Waals surface area contributed by atoms with E-state index in [4.69, 9.17) is 28.0 Å².